The van der Waals surface area contributed by atoms with Crippen LogP contribution in [0.5, 0.6) is 0 Å². The third kappa shape index (κ3) is 5.35. The molecule has 2 rings (SSSR count). The third-order valence-electron chi connectivity index (χ3n) is 3.50. The second kappa shape index (κ2) is 8.45. The molecule has 126 valence electrons. The quantitative estimate of drug-likeness (QED) is 0.783. The van der Waals surface area contributed by atoms with E-state index in [2.05, 4.69) is 10.3 Å². The van der Waals surface area contributed by atoms with Crippen LogP contribution in [-0.2, 0) is 11.3 Å². The number of amides is 1. The van der Waals surface area contributed by atoms with Gasteiger partial charge in [0, 0.05) is 50.3 Å². The lowest BCUT2D eigenvalue weighted by molar-refractivity contribution is -0.121. The van der Waals surface area contributed by atoms with E-state index in [1.807, 2.05) is 31.1 Å². The summed E-state index contributed by atoms with van der Waals surface area (Å²) in [6.07, 6.45) is 2.04. The van der Waals surface area contributed by atoms with Gasteiger partial charge in [-0.05, 0) is 42.0 Å². The zero-order chi connectivity index (χ0) is 17.5. The van der Waals surface area contributed by atoms with Gasteiger partial charge in [0.05, 0.1) is 0 Å². The molecule has 1 heterocycles. The molecule has 1 aromatic heterocycles. The van der Waals surface area contributed by atoms with Crippen molar-refractivity contribution in [2.24, 2.45) is 0 Å². The number of aromatic nitrogens is 1. The zero-order valence-corrected chi connectivity index (χ0v) is 14.5. The highest BCUT2D eigenvalue weighted by Crippen LogP contribution is 2.12. The van der Waals surface area contributed by atoms with E-state index in [1.165, 1.54) is 0 Å². The van der Waals surface area contributed by atoms with Gasteiger partial charge in [0.1, 0.15) is 5.82 Å². The molecule has 5 nitrogen and oxygen atoms in total. The van der Waals surface area contributed by atoms with Crippen LogP contribution in [-0.4, -0.2) is 30.8 Å². The molecule has 0 unspecified atom stereocenters. The molecule has 0 saturated heterocycles. The summed E-state index contributed by atoms with van der Waals surface area (Å²) in [5.74, 6) is 0.612. The van der Waals surface area contributed by atoms with Crippen molar-refractivity contribution < 1.29 is 9.59 Å². The lowest BCUT2D eigenvalue weighted by Crippen LogP contribution is -2.23. The van der Waals surface area contributed by atoms with Crippen LogP contribution in [0.4, 0.5) is 5.82 Å². The minimum absolute atomic E-state index is 0.0689. The number of hydrogen-bond donors (Lipinski definition) is 1. The van der Waals surface area contributed by atoms with Crippen LogP contribution < -0.4 is 10.2 Å². The third-order valence-corrected chi connectivity index (χ3v) is 3.76. The molecule has 2 aromatic rings. The fourth-order valence-electron chi connectivity index (χ4n) is 2.11. The second-order valence-electron chi connectivity index (χ2n) is 5.62. The van der Waals surface area contributed by atoms with Gasteiger partial charge in [-0.15, -0.1) is 0 Å². The molecule has 0 bridgehead atoms. The summed E-state index contributed by atoms with van der Waals surface area (Å²) in [6, 6.07) is 10.4. The number of Topliss-reactive ketones (excluding diaryl/α,β-unsaturated/α-hetero) is 1. The minimum Gasteiger partial charge on any atom is -0.363 e. The lowest BCUT2D eigenvalue weighted by Gasteiger charge is -2.12. The largest absolute Gasteiger partial charge is 0.363 e. The highest BCUT2D eigenvalue weighted by atomic mass is 35.5. The smallest absolute Gasteiger partial charge is 0.220 e. The van der Waals surface area contributed by atoms with Crippen LogP contribution in [0.3, 0.4) is 0 Å². The average molecular weight is 346 g/mol. The van der Waals surface area contributed by atoms with Gasteiger partial charge in [0.25, 0.3) is 0 Å². The number of carbonyl (C=O) groups excluding carboxylic acids is 2. The Bertz CT molecular complexity index is 714. The molecular formula is C18H20ClN3O2. The molecule has 0 aliphatic carbocycles. The number of nitrogens with one attached hydrogen (secondary N) is 1. The maximum atomic E-state index is 12.0. The van der Waals surface area contributed by atoms with Gasteiger partial charge < -0.3 is 10.2 Å². The van der Waals surface area contributed by atoms with E-state index in [4.69, 9.17) is 11.6 Å². The first-order valence-corrected chi connectivity index (χ1v) is 8.01. The van der Waals surface area contributed by atoms with E-state index in [1.54, 1.807) is 30.5 Å². The number of benzene rings is 1. The lowest BCUT2D eigenvalue weighted by atomic mass is 10.1. The van der Waals surface area contributed by atoms with Gasteiger partial charge in [0.2, 0.25) is 5.91 Å². The number of hydrogen-bond acceptors (Lipinski definition) is 4. The Morgan fingerprint density at radius 2 is 1.83 bits per heavy atom. The van der Waals surface area contributed by atoms with Crippen molar-refractivity contribution in [3.8, 4) is 0 Å². The summed E-state index contributed by atoms with van der Waals surface area (Å²) in [6.45, 7) is 0.414. The Morgan fingerprint density at radius 1 is 1.12 bits per heavy atom. The molecule has 1 amide bonds. The summed E-state index contributed by atoms with van der Waals surface area (Å²) in [7, 11) is 3.82. The molecule has 6 heteroatoms. The molecule has 1 aromatic carbocycles. The predicted molar refractivity (Wildman–Crippen MR) is 95.4 cm³/mol. The van der Waals surface area contributed by atoms with Gasteiger partial charge in [0.15, 0.2) is 5.78 Å². The first-order valence-electron chi connectivity index (χ1n) is 7.63. The molecular weight excluding hydrogens is 326 g/mol. The summed E-state index contributed by atoms with van der Waals surface area (Å²) < 4.78 is 0. The molecule has 24 heavy (non-hydrogen) atoms. The van der Waals surface area contributed by atoms with Gasteiger partial charge in [-0.2, -0.15) is 0 Å². The summed E-state index contributed by atoms with van der Waals surface area (Å²) in [4.78, 5) is 30.1. The van der Waals surface area contributed by atoms with Crippen LogP contribution in [0.15, 0.2) is 42.6 Å². The van der Waals surface area contributed by atoms with Crippen molar-refractivity contribution in [1.29, 1.82) is 0 Å². The number of carbonyl (C=O) groups is 2. The highest BCUT2D eigenvalue weighted by molar-refractivity contribution is 6.30. The SMILES string of the molecule is CN(C)c1cc(CNC(=O)CCC(=O)c2ccc(Cl)cc2)ccn1. The van der Waals surface area contributed by atoms with Gasteiger partial charge in [-0.1, -0.05) is 11.6 Å². The molecule has 0 atom stereocenters. The Balaban J connectivity index is 1.80. The standard InChI is InChI=1S/C18H20ClN3O2/c1-22(2)17-11-13(9-10-20-17)12-21-18(24)8-7-16(23)14-3-5-15(19)6-4-14/h3-6,9-11H,7-8,12H2,1-2H3,(H,21,24). The Hall–Kier alpha value is -2.40. The number of nitrogens with zero attached hydrogens (tertiary/aromatic N) is 2. The van der Waals surface area contributed by atoms with Crippen LogP contribution in [0.2, 0.25) is 5.02 Å². The van der Waals surface area contributed by atoms with Gasteiger partial charge in [-0.25, -0.2) is 4.98 Å². The number of halogens is 1. The van der Waals surface area contributed by atoms with E-state index in [0.29, 0.717) is 17.1 Å². The van der Waals surface area contributed by atoms with Gasteiger partial charge in [-0.3, -0.25) is 9.59 Å². The van der Waals surface area contributed by atoms with Crippen molar-refractivity contribution in [3.63, 3.8) is 0 Å². The monoisotopic (exact) mass is 345 g/mol. The topological polar surface area (TPSA) is 62.3 Å². The fraction of sp³-hybridized carbons (Fsp3) is 0.278. The van der Waals surface area contributed by atoms with E-state index >= 15 is 0 Å². The first kappa shape index (κ1) is 17.9. The summed E-state index contributed by atoms with van der Waals surface area (Å²) in [5.41, 5.74) is 1.53. The Morgan fingerprint density at radius 3 is 2.50 bits per heavy atom. The maximum Gasteiger partial charge on any atom is 0.220 e. The molecule has 1 N–H and O–H groups in total. The van der Waals surface area contributed by atoms with Crippen LogP contribution in [0.25, 0.3) is 0 Å². The van der Waals surface area contributed by atoms with Crippen molar-refractivity contribution in [3.05, 3.63) is 58.7 Å². The number of rotatable bonds is 7. The van der Waals surface area contributed by atoms with Crippen LogP contribution >= 0.6 is 11.6 Å². The fourth-order valence-corrected chi connectivity index (χ4v) is 2.24. The van der Waals surface area contributed by atoms with Crippen LogP contribution in [0, 0.1) is 0 Å². The number of anilines is 1. The van der Waals surface area contributed by atoms with E-state index in [9.17, 15) is 9.59 Å². The molecule has 0 spiro atoms. The molecule has 0 radical (unpaired) electrons. The van der Waals surface area contributed by atoms with Crippen LogP contribution in [0.1, 0.15) is 28.8 Å². The Kier molecular flexibility index (Phi) is 6.32. The summed E-state index contributed by atoms with van der Waals surface area (Å²) >= 11 is 5.79. The van der Waals surface area contributed by atoms with Crippen molar-refractivity contribution in [1.82, 2.24) is 10.3 Å². The second-order valence-corrected chi connectivity index (χ2v) is 6.06. The normalized spacial score (nSPS) is 10.3. The number of pyridine rings is 1. The molecule has 0 aliphatic rings. The Labute approximate surface area is 146 Å². The van der Waals surface area contributed by atoms with Crippen molar-refractivity contribution >= 4 is 29.1 Å². The van der Waals surface area contributed by atoms with E-state index in [0.717, 1.165) is 11.4 Å². The molecule has 0 aliphatic heterocycles. The predicted octanol–water partition coefficient (Wildman–Crippen LogP) is 3.08. The molecule has 0 fully saturated rings. The van der Waals surface area contributed by atoms with Crippen molar-refractivity contribution in [2.75, 3.05) is 19.0 Å². The first-order chi connectivity index (χ1) is 11.5. The average Bonchev–Trinajstić information content (AvgIpc) is 2.58. The molecule has 0 saturated carbocycles. The zero-order valence-electron chi connectivity index (χ0n) is 13.8. The van der Waals surface area contributed by atoms with Gasteiger partial charge >= 0.3 is 0 Å². The maximum absolute atomic E-state index is 12.0. The van der Waals surface area contributed by atoms with E-state index < -0.39 is 0 Å². The van der Waals surface area contributed by atoms with E-state index in [-0.39, 0.29) is 24.5 Å². The number of ketones is 1. The minimum atomic E-state index is -0.152. The highest BCUT2D eigenvalue weighted by Gasteiger charge is 2.09. The summed E-state index contributed by atoms with van der Waals surface area (Å²) in [5, 5.41) is 3.40. The van der Waals surface area contributed by atoms with Crippen molar-refractivity contribution in [2.45, 2.75) is 19.4 Å².